The summed E-state index contributed by atoms with van der Waals surface area (Å²) in [6.45, 7) is 11.1. The van der Waals surface area contributed by atoms with E-state index in [0.29, 0.717) is 0 Å². The number of aryl methyl sites for hydroxylation is 3. The molecule has 150 heavy (non-hydrogen) atoms. The zero-order valence-corrected chi connectivity index (χ0v) is 84.0. The number of hydrogen-bond acceptors (Lipinski definition) is 6. The molecule has 0 unspecified atom stereocenters. The molecule has 23 aromatic carbocycles. The fourth-order valence-corrected chi connectivity index (χ4v) is 21.6. The van der Waals surface area contributed by atoms with Gasteiger partial charge in [0.2, 0.25) is 0 Å². The molecule has 714 valence electrons. The maximum absolute atomic E-state index is 6.12. The van der Waals surface area contributed by atoms with Gasteiger partial charge in [0.15, 0.2) is 0 Å². The molecule has 3 heterocycles. The first-order chi connectivity index (χ1) is 73.8. The van der Waals surface area contributed by atoms with E-state index in [4.69, 9.17) is 13.3 Å². The molecule has 27 rings (SSSR count). The van der Waals surface area contributed by atoms with Gasteiger partial charge >= 0.3 is 0 Å². The van der Waals surface area contributed by atoms with Gasteiger partial charge in [0, 0.05) is 88.9 Å². The van der Waals surface area contributed by atoms with Crippen molar-refractivity contribution in [3.63, 3.8) is 0 Å². The highest BCUT2D eigenvalue weighted by Crippen LogP contribution is 2.52. The molecule has 0 atom stereocenters. The van der Waals surface area contributed by atoms with Crippen LogP contribution in [0.25, 0.3) is 188 Å². The summed E-state index contributed by atoms with van der Waals surface area (Å²) in [6.07, 6.45) is 0. The fourth-order valence-electron chi connectivity index (χ4n) is 21.6. The topological polar surface area (TPSA) is 49.1 Å². The molecular weight excluding hydrogens is 1820 g/mol. The predicted molar refractivity (Wildman–Crippen MR) is 631 cm³/mol. The third kappa shape index (κ3) is 18.3. The Morgan fingerprint density at radius 3 is 0.653 bits per heavy atom. The number of rotatable bonds is 19. The van der Waals surface area contributed by atoms with Crippen LogP contribution in [0.1, 0.15) is 41.7 Å². The quantitative estimate of drug-likeness (QED) is 0.0804. The van der Waals surface area contributed by atoms with Crippen LogP contribution >= 0.6 is 0 Å². The standard InChI is InChI=1S/C55H39NO.C49H35NO.C40H31NO/c1-38-16-18-41(19-17-38)42-20-27-49(28-21-42)56(50-29-22-43(23-30-50)45-26-33-55-53(37-45)52-14-8-9-15-54(52)57-55)51-31-24-44(25-32-51)48-35-46(39-10-4-2-5-11-39)34-47(36-48)40-12-6-3-7-13-40;1-34-11-13-36(14-12-34)39-19-26-43(27-20-39)50(44-28-21-40(22-29-44)38-17-15-37(16-18-38)35-7-3-2-4-8-35)45-30-23-41(24-31-45)42-25-32-49-47(33-42)46-9-5-6-10-48(46)51-49;1-26-12-17-29(18-13-26)41(31-21-22-33-32-8-4-6-10-36(32)40(2,3)37(33)25-31)30-19-14-27(15-20-30)28-16-23-39-35(24-28)34-9-5-7-11-38(34)42-39/h2-37H,1H3;2-33H,1H3;4-25H,1-3H3. The summed E-state index contributed by atoms with van der Waals surface area (Å²) in [4.78, 5) is 7.04. The minimum absolute atomic E-state index is 0.0549. The lowest BCUT2D eigenvalue weighted by atomic mass is 9.82. The highest BCUT2D eigenvalue weighted by molar-refractivity contribution is 6.09. The average molecular weight is 1930 g/mol. The SMILES string of the molecule is Cc1ccc(-c2ccc(N(c3ccc(-c4cc(-c5ccccc5)cc(-c5ccccc5)c4)cc3)c3ccc(-c4ccc5oc6ccccc6c5c4)cc3)cc2)cc1.Cc1ccc(-c2ccc(N(c3ccc(-c4ccc(-c5ccccc5)cc4)cc3)c3ccc(-c4ccc5oc6ccccc6c5c4)cc3)cc2)cc1.Cc1ccc(N(c2ccc(-c3ccc4oc5ccccc5c4c3)cc2)c2ccc3c(c2)C(C)(C)c2ccccc2-3)cc1. The van der Waals surface area contributed by atoms with Crippen LogP contribution in [0.15, 0.2) is 559 Å². The molecule has 26 aromatic rings. The molecule has 0 spiro atoms. The van der Waals surface area contributed by atoms with E-state index < -0.39 is 0 Å². The number of anilines is 9. The lowest BCUT2D eigenvalue weighted by Crippen LogP contribution is -2.16. The summed E-state index contributed by atoms with van der Waals surface area (Å²) in [5, 5.41) is 6.85. The lowest BCUT2D eigenvalue weighted by Gasteiger charge is -2.28. The van der Waals surface area contributed by atoms with Gasteiger partial charge in [-0.15, -0.1) is 0 Å². The molecule has 1 aliphatic rings. The Kier molecular flexibility index (Phi) is 24.4. The van der Waals surface area contributed by atoms with Gasteiger partial charge in [0.05, 0.1) is 0 Å². The summed E-state index contributed by atoms with van der Waals surface area (Å²) in [6, 6.07) is 196. The van der Waals surface area contributed by atoms with Crippen LogP contribution in [0.3, 0.4) is 0 Å². The number of furan rings is 3. The van der Waals surface area contributed by atoms with Crippen molar-refractivity contribution in [2.45, 2.75) is 40.0 Å². The van der Waals surface area contributed by atoms with Gasteiger partial charge in [0.25, 0.3) is 0 Å². The molecule has 0 saturated carbocycles. The number of hydrogen-bond donors (Lipinski definition) is 0. The molecule has 6 heteroatoms. The first-order valence-electron chi connectivity index (χ1n) is 51.5. The highest BCUT2D eigenvalue weighted by Gasteiger charge is 2.36. The largest absolute Gasteiger partial charge is 0.456 e. The van der Waals surface area contributed by atoms with Crippen LogP contribution in [-0.4, -0.2) is 0 Å². The molecule has 0 fully saturated rings. The first-order valence-corrected chi connectivity index (χ1v) is 51.5. The van der Waals surface area contributed by atoms with Crippen LogP contribution in [0.5, 0.6) is 0 Å². The number of fused-ring (bicyclic) bond motifs is 12. The molecule has 0 saturated heterocycles. The maximum atomic E-state index is 6.12. The summed E-state index contributed by atoms with van der Waals surface area (Å²) in [5.41, 5.74) is 48.5. The van der Waals surface area contributed by atoms with E-state index in [1.54, 1.807) is 0 Å². The van der Waals surface area contributed by atoms with Gasteiger partial charge in [0.1, 0.15) is 33.5 Å². The van der Waals surface area contributed by atoms with Crippen LogP contribution in [0, 0.1) is 20.8 Å². The average Bonchev–Trinajstić information content (AvgIpc) is 1.57. The van der Waals surface area contributed by atoms with Crippen molar-refractivity contribution in [2.24, 2.45) is 0 Å². The van der Waals surface area contributed by atoms with Crippen molar-refractivity contribution in [1.29, 1.82) is 0 Å². The van der Waals surface area contributed by atoms with E-state index in [9.17, 15) is 0 Å². The minimum atomic E-state index is -0.0549. The normalized spacial score (nSPS) is 11.8. The van der Waals surface area contributed by atoms with E-state index in [0.717, 1.165) is 139 Å². The van der Waals surface area contributed by atoms with Gasteiger partial charge in [-0.3, -0.25) is 0 Å². The Labute approximate surface area is 874 Å². The van der Waals surface area contributed by atoms with Gasteiger partial charge < -0.3 is 28.0 Å². The molecular formula is C144H105N3O3. The summed E-state index contributed by atoms with van der Waals surface area (Å²) in [5.74, 6) is 0. The van der Waals surface area contributed by atoms with E-state index in [-0.39, 0.29) is 5.41 Å². The van der Waals surface area contributed by atoms with Crippen LogP contribution in [0.2, 0.25) is 0 Å². The second-order valence-corrected chi connectivity index (χ2v) is 39.7. The molecule has 6 nitrogen and oxygen atoms in total. The predicted octanol–water partition coefficient (Wildman–Crippen LogP) is 41.1. The molecule has 1 aliphatic carbocycles. The second kappa shape index (κ2) is 39.8. The van der Waals surface area contributed by atoms with Gasteiger partial charge in [-0.1, -0.05) is 395 Å². The monoisotopic (exact) mass is 1920 g/mol. The van der Waals surface area contributed by atoms with Crippen molar-refractivity contribution in [3.05, 3.63) is 574 Å². The zero-order valence-electron chi connectivity index (χ0n) is 84.0. The van der Waals surface area contributed by atoms with E-state index in [1.165, 1.54) is 128 Å². The first kappa shape index (κ1) is 92.0. The molecule has 0 radical (unpaired) electrons. The maximum Gasteiger partial charge on any atom is 0.135 e. The Bertz CT molecular complexity index is 9330. The lowest BCUT2D eigenvalue weighted by molar-refractivity contribution is 0.660. The fraction of sp³-hybridized carbons (Fsp3) is 0.0417. The van der Waals surface area contributed by atoms with Gasteiger partial charge in [-0.2, -0.15) is 0 Å². The van der Waals surface area contributed by atoms with Crippen LogP contribution in [0.4, 0.5) is 51.2 Å². The number of nitrogens with zero attached hydrogens (tertiary/aromatic N) is 3. The van der Waals surface area contributed by atoms with Crippen molar-refractivity contribution in [3.8, 4) is 122 Å². The summed E-state index contributed by atoms with van der Waals surface area (Å²) in [7, 11) is 0. The van der Waals surface area contributed by atoms with Gasteiger partial charge in [-0.25, -0.2) is 0 Å². The van der Waals surface area contributed by atoms with Crippen LogP contribution in [-0.2, 0) is 5.41 Å². The summed E-state index contributed by atoms with van der Waals surface area (Å²) >= 11 is 0. The van der Waals surface area contributed by atoms with Crippen LogP contribution < -0.4 is 14.7 Å². The molecule has 0 aliphatic heterocycles. The smallest absolute Gasteiger partial charge is 0.135 e. The molecule has 0 N–H and O–H groups in total. The highest BCUT2D eigenvalue weighted by atomic mass is 16.3. The Balaban J connectivity index is 0.000000118. The van der Waals surface area contributed by atoms with E-state index in [1.807, 2.05) is 36.4 Å². The summed E-state index contributed by atoms with van der Waals surface area (Å²) < 4.78 is 18.3. The minimum Gasteiger partial charge on any atom is -0.456 e. The second-order valence-electron chi connectivity index (χ2n) is 39.7. The zero-order chi connectivity index (χ0) is 101. The Hall–Kier alpha value is -19.1. The molecule has 3 aromatic heterocycles. The Morgan fingerprint density at radius 2 is 0.340 bits per heavy atom. The van der Waals surface area contributed by atoms with Crippen molar-refractivity contribution >= 4 is 117 Å². The Morgan fingerprint density at radius 1 is 0.140 bits per heavy atom. The van der Waals surface area contributed by atoms with E-state index in [2.05, 4.69) is 559 Å². The van der Waals surface area contributed by atoms with Crippen molar-refractivity contribution in [1.82, 2.24) is 0 Å². The third-order valence-electron chi connectivity index (χ3n) is 29.7. The third-order valence-corrected chi connectivity index (χ3v) is 29.7. The number of benzene rings is 23. The van der Waals surface area contributed by atoms with Crippen molar-refractivity contribution in [2.75, 3.05) is 14.7 Å². The van der Waals surface area contributed by atoms with Gasteiger partial charge in [-0.05, 0) is 336 Å². The van der Waals surface area contributed by atoms with Crippen molar-refractivity contribution < 1.29 is 13.3 Å². The van der Waals surface area contributed by atoms with E-state index >= 15 is 0 Å². The molecule has 0 bridgehead atoms. The number of para-hydroxylation sites is 3. The molecule has 0 amide bonds.